The van der Waals surface area contributed by atoms with Crippen LogP contribution in [0.2, 0.25) is 0 Å². The van der Waals surface area contributed by atoms with Gasteiger partial charge in [0.2, 0.25) is 40.1 Å². The van der Waals surface area contributed by atoms with Crippen molar-refractivity contribution >= 4 is 40.1 Å². The normalized spacial score (nSPS) is 17.7. The number of nitrogens with one attached hydrogen (secondary N) is 1. The molecule has 0 atom stereocenters. The Balaban J connectivity index is 1.58. The fourth-order valence-corrected chi connectivity index (χ4v) is 11.8. The van der Waals surface area contributed by atoms with Gasteiger partial charge in [0.05, 0.1) is 19.6 Å². The molecular formula is C38H49N5O8S4. The summed E-state index contributed by atoms with van der Waals surface area (Å²) in [5.74, 6) is 0. The zero-order chi connectivity index (χ0) is 40.0. The predicted octanol–water partition coefficient (Wildman–Crippen LogP) is 3.59. The highest BCUT2D eigenvalue weighted by molar-refractivity contribution is 7.90. The van der Waals surface area contributed by atoms with Crippen LogP contribution in [0.1, 0.15) is 22.3 Å². The Hall–Kier alpha value is -3.52. The van der Waals surface area contributed by atoms with E-state index in [-0.39, 0.29) is 85.0 Å². The number of rotatable bonds is 8. The lowest BCUT2D eigenvalue weighted by Crippen LogP contribution is -2.47. The molecule has 1 saturated heterocycles. The first-order valence-corrected chi connectivity index (χ1v) is 23.7. The quantitative estimate of drug-likeness (QED) is 0.280. The van der Waals surface area contributed by atoms with Crippen LogP contribution >= 0.6 is 0 Å². The van der Waals surface area contributed by atoms with Crippen molar-refractivity contribution in [3.8, 4) is 0 Å². The first kappa shape index (κ1) is 42.6. The molecule has 4 aromatic rings. The molecule has 17 heteroatoms. The van der Waals surface area contributed by atoms with Gasteiger partial charge in [-0.25, -0.2) is 33.7 Å². The van der Waals surface area contributed by atoms with Crippen LogP contribution in [0.4, 0.5) is 0 Å². The molecule has 0 aromatic heterocycles. The highest BCUT2D eigenvalue weighted by atomic mass is 32.2. The van der Waals surface area contributed by atoms with Crippen molar-refractivity contribution in [2.24, 2.45) is 0 Å². The van der Waals surface area contributed by atoms with Gasteiger partial charge in [0, 0.05) is 65.4 Å². The van der Waals surface area contributed by atoms with E-state index in [0.29, 0.717) is 0 Å². The molecule has 0 bridgehead atoms. The summed E-state index contributed by atoms with van der Waals surface area (Å²) in [6, 6.07) is 25.1. The van der Waals surface area contributed by atoms with Crippen LogP contribution in [0.3, 0.4) is 0 Å². The third-order valence-corrected chi connectivity index (χ3v) is 17.2. The monoisotopic (exact) mass is 831 g/mol. The molecule has 0 spiro atoms. The molecule has 4 aromatic carbocycles. The van der Waals surface area contributed by atoms with Crippen molar-refractivity contribution in [2.75, 3.05) is 65.4 Å². The number of benzene rings is 4. The second-order valence-electron chi connectivity index (χ2n) is 13.6. The third-order valence-electron chi connectivity index (χ3n) is 9.51. The van der Waals surface area contributed by atoms with Crippen LogP contribution in [-0.4, -0.2) is 116 Å². The maximum Gasteiger partial charge on any atom is 0.243 e. The van der Waals surface area contributed by atoms with E-state index in [1.807, 2.05) is 27.7 Å². The first-order chi connectivity index (χ1) is 25.9. The van der Waals surface area contributed by atoms with Crippen molar-refractivity contribution < 1.29 is 33.7 Å². The average molecular weight is 832 g/mol. The van der Waals surface area contributed by atoms with E-state index < -0.39 is 40.1 Å². The molecule has 1 aliphatic rings. The second-order valence-corrected chi connectivity index (χ2v) is 21.4. The average Bonchev–Trinajstić information content (AvgIpc) is 3.14. The van der Waals surface area contributed by atoms with Gasteiger partial charge >= 0.3 is 0 Å². The van der Waals surface area contributed by atoms with E-state index in [9.17, 15) is 33.7 Å². The summed E-state index contributed by atoms with van der Waals surface area (Å²) >= 11 is 0. The minimum atomic E-state index is -4.27. The maximum absolute atomic E-state index is 14.3. The molecule has 0 amide bonds. The predicted molar refractivity (Wildman–Crippen MR) is 213 cm³/mol. The topological polar surface area (TPSA) is 162 Å². The Kier molecular flexibility index (Phi) is 13.7. The van der Waals surface area contributed by atoms with E-state index in [4.69, 9.17) is 0 Å². The lowest BCUT2D eigenvalue weighted by molar-refractivity contribution is 0.307. The van der Waals surface area contributed by atoms with E-state index in [1.165, 1.54) is 57.1 Å². The Bertz CT molecular complexity index is 2190. The van der Waals surface area contributed by atoms with Crippen LogP contribution in [0, 0.1) is 27.7 Å². The van der Waals surface area contributed by atoms with Gasteiger partial charge in [-0.2, -0.15) is 17.2 Å². The molecule has 55 heavy (non-hydrogen) atoms. The van der Waals surface area contributed by atoms with Gasteiger partial charge in [-0.05, 0) is 76.2 Å². The first-order valence-electron chi connectivity index (χ1n) is 17.9. The number of nitrogens with zero attached hydrogens (tertiary/aromatic N) is 4. The zero-order valence-electron chi connectivity index (χ0n) is 31.5. The molecular weight excluding hydrogens is 783 g/mol. The minimum absolute atomic E-state index is 0.0334. The van der Waals surface area contributed by atoms with Gasteiger partial charge in [-0.1, -0.05) is 70.8 Å². The molecule has 13 nitrogen and oxygen atoms in total. The molecule has 1 fully saturated rings. The molecule has 5 rings (SSSR count). The highest BCUT2D eigenvalue weighted by Gasteiger charge is 2.33. The Morgan fingerprint density at radius 3 is 0.709 bits per heavy atom. The molecule has 0 saturated carbocycles. The number of hydrogen-bond acceptors (Lipinski definition) is 9. The summed E-state index contributed by atoms with van der Waals surface area (Å²) in [5, 5.41) is 3.15. The van der Waals surface area contributed by atoms with Crippen LogP contribution in [-0.2, 0) is 40.1 Å². The number of aryl methyl sites for hydroxylation is 4. The zero-order valence-corrected chi connectivity index (χ0v) is 34.8. The smallest absolute Gasteiger partial charge is 0.243 e. The summed E-state index contributed by atoms with van der Waals surface area (Å²) in [4.78, 5) is 0.00671. The van der Waals surface area contributed by atoms with Crippen molar-refractivity contribution in [1.82, 2.24) is 22.5 Å². The van der Waals surface area contributed by atoms with Crippen molar-refractivity contribution in [2.45, 2.75) is 47.3 Å². The lowest BCUT2D eigenvalue weighted by atomic mass is 10.2. The highest BCUT2D eigenvalue weighted by Crippen LogP contribution is 2.23. The van der Waals surface area contributed by atoms with Gasteiger partial charge in [-0.15, -0.1) is 0 Å². The Labute approximate surface area is 326 Å². The van der Waals surface area contributed by atoms with Gasteiger partial charge in [-0.3, -0.25) is 0 Å². The third kappa shape index (κ3) is 10.3. The standard InChI is InChI=1S/C38H49N5O8S4/c1-31-5-13-35(14-6-31)52(44,45)40-23-21-39-22-24-41(53(46,47)36-15-7-32(2)8-16-36)26-28-43(55(50,51)38-19-11-34(4)12-20-38)30-29-42(27-25-40)54(48,49)37-17-9-33(3)10-18-37/h5-20,39H,21-30H2,1-4H3. The lowest BCUT2D eigenvalue weighted by Gasteiger charge is -2.30. The van der Waals surface area contributed by atoms with Crippen molar-refractivity contribution in [1.29, 1.82) is 0 Å². The van der Waals surface area contributed by atoms with Gasteiger partial charge in [0.1, 0.15) is 0 Å². The van der Waals surface area contributed by atoms with Crippen LogP contribution < -0.4 is 5.32 Å². The summed E-state index contributed by atoms with van der Waals surface area (Å²) < 4.78 is 118. The molecule has 0 unspecified atom stereocenters. The van der Waals surface area contributed by atoms with Crippen molar-refractivity contribution in [3.05, 3.63) is 119 Å². The molecule has 0 aliphatic carbocycles. The SMILES string of the molecule is Cc1ccc(S(=O)(=O)N2CCNCCN(S(=O)(=O)c3ccc(C)cc3)CCN(S(=O)(=O)c3ccc(C)cc3)CCN(S(=O)(=O)c3ccc(C)cc3)CC2)cc1. The maximum atomic E-state index is 14.3. The molecule has 1 aliphatic heterocycles. The fourth-order valence-electron chi connectivity index (χ4n) is 6.05. The molecule has 1 N–H and O–H groups in total. The van der Waals surface area contributed by atoms with E-state index in [2.05, 4.69) is 5.32 Å². The minimum Gasteiger partial charge on any atom is -0.314 e. The van der Waals surface area contributed by atoms with Gasteiger partial charge in [0.25, 0.3) is 0 Å². The van der Waals surface area contributed by atoms with E-state index in [1.54, 1.807) is 48.5 Å². The fraction of sp³-hybridized carbons (Fsp3) is 0.368. The summed E-state index contributed by atoms with van der Waals surface area (Å²) in [5.41, 5.74) is 3.39. The Morgan fingerprint density at radius 1 is 0.327 bits per heavy atom. The van der Waals surface area contributed by atoms with Crippen LogP contribution in [0.25, 0.3) is 0 Å². The van der Waals surface area contributed by atoms with Crippen LogP contribution in [0.15, 0.2) is 117 Å². The van der Waals surface area contributed by atoms with Crippen molar-refractivity contribution in [3.63, 3.8) is 0 Å². The molecule has 298 valence electrons. The number of hydrogen-bond donors (Lipinski definition) is 1. The summed E-state index contributed by atoms with van der Waals surface area (Å²) in [7, 11) is -16.8. The van der Waals surface area contributed by atoms with Gasteiger partial charge in [0.15, 0.2) is 0 Å². The second kappa shape index (κ2) is 17.7. The summed E-state index contributed by atoms with van der Waals surface area (Å²) in [6.45, 7) is 5.74. The molecule has 1 heterocycles. The Morgan fingerprint density at radius 2 is 0.509 bits per heavy atom. The van der Waals surface area contributed by atoms with E-state index >= 15 is 0 Å². The van der Waals surface area contributed by atoms with Crippen LogP contribution in [0.5, 0.6) is 0 Å². The summed E-state index contributed by atoms with van der Waals surface area (Å²) in [6.07, 6.45) is 0. The van der Waals surface area contributed by atoms with E-state index in [0.717, 1.165) is 30.9 Å². The largest absolute Gasteiger partial charge is 0.314 e. The number of sulfonamides is 4. The molecule has 0 radical (unpaired) electrons. The van der Waals surface area contributed by atoms with Gasteiger partial charge < -0.3 is 5.32 Å².